The Labute approximate surface area is 420 Å². The van der Waals surface area contributed by atoms with Gasteiger partial charge in [-0.1, -0.05) is 0 Å². The van der Waals surface area contributed by atoms with E-state index in [1.54, 1.807) is 0 Å². The second-order valence-electron chi connectivity index (χ2n) is 1.41. The monoisotopic (exact) mass is 574 g/mol. The van der Waals surface area contributed by atoms with Crippen LogP contribution in [0.4, 0.5) is 24.0 Å². The zero-order valence-electron chi connectivity index (χ0n) is 9.01. The van der Waals surface area contributed by atoms with Crippen molar-refractivity contribution in [3.8, 4) is 0 Å². The maximum absolute atomic E-state index is 8.56. The van der Waals surface area contributed by atoms with Gasteiger partial charge in [0.25, 0.3) is 0 Å². The normalized spacial score (nSPS) is 3.87. The standard InChI is InChI=1S/5CH2O3.11Na.11H/c5*2-1(3)4;;;;;;;;;;;;;;;;;;;;;;/h5*(H2,2,3,4);;;;;;;;;;;;;;;;;;;;;;. The molecule has 0 spiro atoms. The Balaban J connectivity index is -0.00000000595. The first kappa shape index (κ1) is 107. The minimum atomic E-state index is -1.83. The Morgan fingerprint density at radius 1 is 0.226 bits per heavy atom. The average Bonchev–Trinajstić information content (AvgIpc) is 1.94. The summed E-state index contributed by atoms with van der Waals surface area (Å²) in [5.74, 6) is 0. The van der Waals surface area contributed by atoms with Gasteiger partial charge in [-0.3, -0.25) is 0 Å². The minimum absolute atomic E-state index is 0. The van der Waals surface area contributed by atoms with Gasteiger partial charge in [-0.15, -0.1) is 0 Å². The Bertz CT molecular complexity index is 230. The first-order valence-corrected chi connectivity index (χ1v) is 3.26. The van der Waals surface area contributed by atoms with E-state index in [2.05, 4.69) is 0 Å². The van der Waals surface area contributed by atoms with Crippen LogP contribution < -0.4 is 0 Å². The van der Waals surface area contributed by atoms with Gasteiger partial charge in [0.15, 0.2) is 0 Å². The molecule has 0 aromatic heterocycles. The van der Waals surface area contributed by atoms with Gasteiger partial charge in [0.1, 0.15) is 0 Å². The van der Waals surface area contributed by atoms with Crippen LogP contribution in [-0.2, 0) is 0 Å². The molecule has 0 aromatic rings. The molecule has 10 N–H and O–H groups in total. The van der Waals surface area contributed by atoms with Crippen LogP contribution in [0.1, 0.15) is 0 Å². The summed E-state index contributed by atoms with van der Waals surface area (Å²) in [4.78, 5) is 42.8. The Morgan fingerprint density at radius 2 is 0.226 bits per heavy atom. The van der Waals surface area contributed by atoms with E-state index >= 15 is 0 Å². The van der Waals surface area contributed by atoms with Gasteiger partial charge in [-0.25, -0.2) is 24.0 Å². The third-order valence-corrected chi connectivity index (χ3v) is 0. The molecule has 26 heteroatoms. The number of hydrogen-bond acceptors (Lipinski definition) is 5. The van der Waals surface area contributed by atoms with Crippen LogP contribution in [0.2, 0.25) is 0 Å². The van der Waals surface area contributed by atoms with Crippen molar-refractivity contribution in [2.45, 2.75) is 0 Å². The summed E-state index contributed by atoms with van der Waals surface area (Å²) < 4.78 is 0. The van der Waals surface area contributed by atoms with E-state index in [-0.39, 0.29) is 325 Å². The number of hydrogen-bond donors (Lipinski definition) is 10. The van der Waals surface area contributed by atoms with Gasteiger partial charge in [0, 0.05) is 0 Å². The van der Waals surface area contributed by atoms with Crippen LogP contribution in [0.25, 0.3) is 0 Å². The van der Waals surface area contributed by atoms with Gasteiger partial charge in [-0.05, 0) is 0 Å². The molecule has 0 saturated heterocycles. The van der Waals surface area contributed by atoms with E-state index in [0.29, 0.717) is 0 Å². The molecule has 15 nitrogen and oxygen atoms in total. The second kappa shape index (κ2) is 98.8. The molecule has 31 heavy (non-hydrogen) atoms. The molecule has 0 saturated carbocycles. The topological polar surface area (TPSA) is 288 Å². The van der Waals surface area contributed by atoms with Crippen LogP contribution in [-0.4, -0.2) is 407 Å². The molecule has 0 rings (SSSR count). The average molecular weight is 574 g/mol. The molecule has 142 valence electrons. The molecule has 0 fully saturated rings. The Morgan fingerprint density at radius 3 is 0.226 bits per heavy atom. The van der Waals surface area contributed by atoms with E-state index in [1.807, 2.05) is 0 Å². The molecular formula is C5H21Na11O15. The molecule has 0 radical (unpaired) electrons. The summed E-state index contributed by atoms with van der Waals surface area (Å²) in [7, 11) is 0. The van der Waals surface area contributed by atoms with Crippen molar-refractivity contribution in [3.63, 3.8) is 0 Å². The molecule has 0 aliphatic carbocycles. The molecule has 0 heterocycles. The van der Waals surface area contributed by atoms with Gasteiger partial charge >= 0.3 is 356 Å². The Kier molecular flexibility index (Phi) is 341. The zero-order valence-corrected chi connectivity index (χ0v) is 9.01. The quantitative estimate of drug-likeness (QED) is 0.121. The molecular weight excluding hydrogens is 553 g/mol. The third-order valence-electron chi connectivity index (χ3n) is 0. The summed E-state index contributed by atoms with van der Waals surface area (Å²) in [5.41, 5.74) is 0. The van der Waals surface area contributed by atoms with Crippen molar-refractivity contribution >= 4 is 356 Å². The van der Waals surface area contributed by atoms with Crippen LogP contribution in [0.3, 0.4) is 0 Å². The van der Waals surface area contributed by atoms with Crippen molar-refractivity contribution in [1.82, 2.24) is 0 Å². The number of carboxylic acid groups (broad SMARTS) is 10. The van der Waals surface area contributed by atoms with Crippen LogP contribution in [0, 0.1) is 0 Å². The molecule has 0 bridgehead atoms. The molecule has 0 unspecified atom stereocenters. The second-order valence-corrected chi connectivity index (χ2v) is 1.41. The van der Waals surface area contributed by atoms with Crippen molar-refractivity contribution in [2.75, 3.05) is 0 Å². The predicted octanol–water partition coefficient (Wildman–Crippen LogP) is -6.02. The zero-order chi connectivity index (χ0) is 17.9. The SMILES string of the molecule is O=C(O)O.O=C(O)O.O=C(O)O.O=C(O)O.O=C(O)O.[NaH].[NaH].[NaH].[NaH].[NaH].[NaH].[NaH].[NaH].[NaH].[NaH].[NaH]. The molecule has 0 amide bonds. The fraction of sp³-hybridized carbons (Fsp3) is 0. The van der Waals surface area contributed by atoms with Crippen LogP contribution >= 0.6 is 0 Å². The van der Waals surface area contributed by atoms with Gasteiger partial charge in [0.05, 0.1) is 0 Å². The van der Waals surface area contributed by atoms with Crippen molar-refractivity contribution in [3.05, 3.63) is 0 Å². The van der Waals surface area contributed by atoms with E-state index < -0.39 is 30.8 Å². The van der Waals surface area contributed by atoms with Crippen molar-refractivity contribution in [1.29, 1.82) is 0 Å². The first-order valence-electron chi connectivity index (χ1n) is 3.26. The van der Waals surface area contributed by atoms with Gasteiger partial charge in [-0.2, -0.15) is 0 Å². The maximum atomic E-state index is 8.56. The summed E-state index contributed by atoms with van der Waals surface area (Å²) in [6.07, 6.45) is -9.17. The Hall–Kier alpha value is 7.35. The van der Waals surface area contributed by atoms with E-state index in [0.717, 1.165) is 0 Å². The molecule has 0 atom stereocenters. The first-order chi connectivity index (χ1) is 8.66. The number of carbonyl (C=O) groups is 5. The van der Waals surface area contributed by atoms with E-state index in [4.69, 9.17) is 75.0 Å². The van der Waals surface area contributed by atoms with Gasteiger partial charge in [0.2, 0.25) is 0 Å². The summed E-state index contributed by atoms with van der Waals surface area (Å²) in [5, 5.41) is 69.7. The fourth-order valence-corrected chi connectivity index (χ4v) is 0. The third kappa shape index (κ3) is 864. The van der Waals surface area contributed by atoms with Crippen LogP contribution in [0.5, 0.6) is 0 Å². The fourth-order valence-electron chi connectivity index (χ4n) is 0. The van der Waals surface area contributed by atoms with E-state index in [9.17, 15) is 0 Å². The molecule has 0 aliphatic heterocycles. The summed E-state index contributed by atoms with van der Waals surface area (Å²) in [6.45, 7) is 0. The summed E-state index contributed by atoms with van der Waals surface area (Å²) >= 11 is 0. The van der Waals surface area contributed by atoms with Crippen molar-refractivity contribution in [2.24, 2.45) is 0 Å². The van der Waals surface area contributed by atoms with Crippen LogP contribution in [0.15, 0.2) is 0 Å². The van der Waals surface area contributed by atoms with E-state index in [1.165, 1.54) is 0 Å². The van der Waals surface area contributed by atoms with Crippen molar-refractivity contribution < 1.29 is 75.0 Å². The predicted molar refractivity (Wildman–Crippen MR) is 132 cm³/mol. The molecule has 0 aliphatic rings. The van der Waals surface area contributed by atoms with Gasteiger partial charge < -0.3 is 51.1 Å². The number of rotatable bonds is 0. The molecule has 0 aromatic carbocycles. The summed E-state index contributed by atoms with van der Waals surface area (Å²) in [6, 6.07) is 0.